The number of hydrogen-bond acceptors (Lipinski definition) is 5. The smallest absolute Gasteiger partial charge is 0.313 e. The van der Waals surface area contributed by atoms with E-state index in [1.165, 1.54) is 23.2 Å². The van der Waals surface area contributed by atoms with Crippen LogP contribution in [0.4, 0.5) is 15.9 Å². The van der Waals surface area contributed by atoms with Gasteiger partial charge in [0.2, 0.25) is 5.91 Å². The number of carbonyl (C=O) groups is 3. The van der Waals surface area contributed by atoms with E-state index in [2.05, 4.69) is 10.3 Å². The number of anilines is 2. The maximum absolute atomic E-state index is 13.5. The molecule has 2 aromatic rings. The van der Waals surface area contributed by atoms with Gasteiger partial charge in [-0.3, -0.25) is 14.4 Å². The van der Waals surface area contributed by atoms with E-state index in [0.717, 1.165) is 18.4 Å². The van der Waals surface area contributed by atoms with Crippen LogP contribution in [0.2, 0.25) is 0 Å². The second-order valence-electron chi connectivity index (χ2n) is 8.70. The molecular weight excluding hydrogens is 425 g/mol. The molecule has 8 nitrogen and oxygen atoms in total. The summed E-state index contributed by atoms with van der Waals surface area (Å²) in [5.41, 5.74) is 7.89. The normalized spacial score (nSPS) is 20.5. The van der Waals surface area contributed by atoms with E-state index in [0.29, 0.717) is 29.4 Å². The Morgan fingerprint density at radius 1 is 1.15 bits per heavy atom. The number of nitrogens with one attached hydrogen (secondary N) is 1. The number of nitrogens with zero attached hydrogens (tertiary/aromatic N) is 3. The first kappa shape index (κ1) is 22.7. The fourth-order valence-electron chi connectivity index (χ4n) is 4.32. The molecule has 174 valence electrons. The lowest BCUT2D eigenvalue weighted by atomic mass is 9.99. The highest BCUT2D eigenvalue weighted by Gasteiger charge is 2.39. The number of halogens is 1. The first-order valence-electron chi connectivity index (χ1n) is 11.2. The van der Waals surface area contributed by atoms with Crippen LogP contribution >= 0.6 is 0 Å². The molecule has 9 heteroatoms. The Morgan fingerprint density at radius 2 is 1.85 bits per heavy atom. The molecule has 33 heavy (non-hydrogen) atoms. The standard InChI is InChI=1S/C24H28FN5O3/c1-3-21(31)29-13-20(16-6-8-17(25)9-7-16)30(12-14(29)2)24(33)23(32)28-18-10-19(15-4-5-15)22(26)27-11-18/h6-11,14-15,20H,3-5,12-13H2,1-2H3,(H2,26,27)(H,28,32)/t14-,20-/m1/s1. The predicted molar refractivity (Wildman–Crippen MR) is 122 cm³/mol. The molecule has 2 atom stereocenters. The van der Waals surface area contributed by atoms with E-state index in [1.54, 1.807) is 30.0 Å². The van der Waals surface area contributed by atoms with Gasteiger partial charge in [0.1, 0.15) is 11.6 Å². The lowest BCUT2D eigenvalue weighted by molar-refractivity contribution is -0.151. The van der Waals surface area contributed by atoms with Gasteiger partial charge in [-0.15, -0.1) is 0 Å². The summed E-state index contributed by atoms with van der Waals surface area (Å²) in [7, 11) is 0. The number of pyridine rings is 1. The number of rotatable bonds is 4. The van der Waals surface area contributed by atoms with Crippen molar-refractivity contribution in [1.82, 2.24) is 14.8 Å². The van der Waals surface area contributed by atoms with Gasteiger partial charge >= 0.3 is 11.8 Å². The Bertz CT molecular complexity index is 1070. The molecule has 1 saturated heterocycles. The van der Waals surface area contributed by atoms with Gasteiger partial charge in [-0.05, 0) is 55.0 Å². The topological polar surface area (TPSA) is 109 Å². The Hall–Kier alpha value is -3.49. The number of amides is 3. The van der Waals surface area contributed by atoms with Crippen LogP contribution in [-0.2, 0) is 14.4 Å². The third-order valence-corrected chi connectivity index (χ3v) is 6.30. The van der Waals surface area contributed by atoms with Gasteiger partial charge in [-0.2, -0.15) is 0 Å². The van der Waals surface area contributed by atoms with Crippen molar-refractivity contribution in [3.8, 4) is 0 Å². The van der Waals surface area contributed by atoms with Crippen molar-refractivity contribution >= 4 is 29.2 Å². The largest absolute Gasteiger partial charge is 0.383 e. The summed E-state index contributed by atoms with van der Waals surface area (Å²) in [6.07, 6.45) is 3.83. The van der Waals surface area contributed by atoms with Gasteiger partial charge in [-0.25, -0.2) is 9.37 Å². The van der Waals surface area contributed by atoms with E-state index in [1.807, 2.05) is 6.92 Å². The average molecular weight is 454 g/mol. The molecule has 1 aromatic heterocycles. The van der Waals surface area contributed by atoms with Crippen LogP contribution in [-0.4, -0.2) is 51.6 Å². The SMILES string of the molecule is CCC(=O)N1C[C@H](c2ccc(F)cc2)N(C(=O)C(=O)Nc2cnc(N)c(C3CC3)c2)C[C@H]1C. The maximum atomic E-state index is 13.5. The fourth-order valence-corrected chi connectivity index (χ4v) is 4.32. The van der Waals surface area contributed by atoms with Crippen molar-refractivity contribution in [3.05, 3.63) is 53.5 Å². The Labute approximate surface area is 192 Å². The summed E-state index contributed by atoms with van der Waals surface area (Å²) in [6, 6.07) is 6.71. The first-order chi connectivity index (χ1) is 15.8. The number of nitrogen functional groups attached to an aromatic ring is 1. The van der Waals surface area contributed by atoms with Crippen LogP contribution in [0.25, 0.3) is 0 Å². The highest BCUT2D eigenvalue weighted by molar-refractivity contribution is 6.39. The summed E-state index contributed by atoms with van der Waals surface area (Å²) < 4.78 is 13.5. The monoisotopic (exact) mass is 453 g/mol. The Kier molecular flexibility index (Phi) is 6.31. The lowest BCUT2D eigenvalue weighted by Gasteiger charge is -2.45. The molecule has 2 aliphatic rings. The summed E-state index contributed by atoms with van der Waals surface area (Å²) in [6.45, 7) is 4.04. The predicted octanol–water partition coefficient (Wildman–Crippen LogP) is 2.83. The van der Waals surface area contributed by atoms with Gasteiger partial charge in [0.25, 0.3) is 0 Å². The molecule has 0 bridgehead atoms. The highest BCUT2D eigenvalue weighted by atomic mass is 19.1. The molecule has 2 fully saturated rings. The minimum absolute atomic E-state index is 0.0354. The number of nitrogens with two attached hydrogens (primary N) is 1. The van der Waals surface area contributed by atoms with Crippen LogP contribution in [0, 0.1) is 5.82 Å². The summed E-state index contributed by atoms with van der Waals surface area (Å²) in [4.78, 5) is 45.9. The molecule has 3 N–H and O–H groups in total. The van der Waals surface area contributed by atoms with Gasteiger partial charge in [-0.1, -0.05) is 19.1 Å². The van der Waals surface area contributed by atoms with Crippen LogP contribution < -0.4 is 11.1 Å². The van der Waals surface area contributed by atoms with E-state index >= 15 is 0 Å². The van der Waals surface area contributed by atoms with Gasteiger partial charge < -0.3 is 20.9 Å². The zero-order chi connectivity index (χ0) is 23.7. The molecule has 0 unspecified atom stereocenters. The molecule has 1 aromatic carbocycles. The molecule has 1 aliphatic heterocycles. The van der Waals surface area contributed by atoms with Crippen LogP contribution in [0.3, 0.4) is 0 Å². The zero-order valence-electron chi connectivity index (χ0n) is 18.8. The molecular formula is C24H28FN5O3. The first-order valence-corrected chi connectivity index (χ1v) is 11.2. The molecule has 0 spiro atoms. The number of piperazine rings is 1. The van der Waals surface area contributed by atoms with Crippen LogP contribution in [0.1, 0.15) is 56.2 Å². The molecule has 4 rings (SSSR count). The van der Waals surface area contributed by atoms with E-state index in [4.69, 9.17) is 5.73 Å². The Morgan fingerprint density at radius 3 is 2.48 bits per heavy atom. The molecule has 3 amide bonds. The minimum Gasteiger partial charge on any atom is -0.383 e. The van der Waals surface area contributed by atoms with Crippen molar-refractivity contribution in [2.24, 2.45) is 0 Å². The van der Waals surface area contributed by atoms with Crippen molar-refractivity contribution in [3.63, 3.8) is 0 Å². The van der Waals surface area contributed by atoms with Crippen molar-refractivity contribution in [2.75, 3.05) is 24.1 Å². The number of aromatic nitrogens is 1. The third kappa shape index (κ3) is 4.81. The summed E-state index contributed by atoms with van der Waals surface area (Å²) in [5.74, 6) is -1.17. The highest BCUT2D eigenvalue weighted by Crippen LogP contribution is 2.42. The lowest BCUT2D eigenvalue weighted by Crippen LogP contribution is -2.58. The maximum Gasteiger partial charge on any atom is 0.313 e. The second-order valence-corrected chi connectivity index (χ2v) is 8.70. The zero-order valence-corrected chi connectivity index (χ0v) is 18.8. The van der Waals surface area contributed by atoms with E-state index in [9.17, 15) is 18.8 Å². The fraction of sp³-hybridized carbons (Fsp3) is 0.417. The van der Waals surface area contributed by atoms with Crippen LogP contribution in [0.15, 0.2) is 36.5 Å². The van der Waals surface area contributed by atoms with E-state index < -0.39 is 23.7 Å². The average Bonchev–Trinajstić information content (AvgIpc) is 3.65. The van der Waals surface area contributed by atoms with Crippen LogP contribution in [0.5, 0.6) is 0 Å². The minimum atomic E-state index is -0.794. The van der Waals surface area contributed by atoms with Crippen molar-refractivity contribution < 1.29 is 18.8 Å². The van der Waals surface area contributed by atoms with Gasteiger partial charge in [0.15, 0.2) is 0 Å². The number of carbonyl (C=O) groups excluding carboxylic acids is 3. The van der Waals surface area contributed by atoms with E-state index in [-0.39, 0.29) is 25.0 Å². The molecule has 0 radical (unpaired) electrons. The number of hydrogen-bond donors (Lipinski definition) is 2. The second kappa shape index (κ2) is 9.17. The Balaban J connectivity index is 1.56. The summed E-state index contributed by atoms with van der Waals surface area (Å²) >= 11 is 0. The van der Waals surface area contributed by atoms with Crippen molar-refractivity contribution in [2.45, 2.75) is 51.1 Å². The van der Waals surface area contributed by atoms with Gasteiger partial charge in [0, 0.05) is 25.6 Å². The van der Waals surface area contributed by atoms with Crippen molar-refractivity contribution in [1.29, 1.82) is 0 Å². The van der Waals surface area contributed by atoms with Gasteiger partial charge in [0.05, 0.1) is 17.9 Å². The summed E-state index contributed by atoms with van der Waals surface area (Å²) in [5, 5.41) is 2.64. The third-order valence-electron chi connectivity index (χ3n) is 6.30. The molecule has 1 aliphatic carbocycles. The molecule has 2 heterocycles. The number of benzene rings is 1. The quantitative estimate of drug-likeness (QED) is 0.692. The molecule has 1 saturated carbocycles.